The van der Waals surface area contributed by atoms with Gasteiger partial charge in [0.2, 0.25) is 0 Å². The van der Waals surface area contributed by atoms with Crippen LogP contribution in [0.3, 0.4) is 0 Å². The third-order valence-corrected chi connectivity index (χ3v) is 5.29. The SMILES string of the molecule is O=C(O)CCC1CCCCN1C(=O)N1CCS(=O)CC1. The van der Waals surface area contributed by atoms with Crippen molar-refractivity contribution < 1.29 is 18.9 Å². The van der Waals surface area contributed by atoms with Crippen molar-refractivity contribution in [1.29, 1.82) is 0 Å². The van der Waals surface area contributed by atoms with Crippen LogP contribution in [0.4, 0.5) is 4.79 Å². The van der Waals surface area contributed by atoms with Crippen LogP contribution in [-0.4, -0.2) is 68.3 Å². The second-order valence-corrected chi connectivity index (χ2v) is 7.09. The Hall–Kier alpha value is -1.11. The number of carbonyl (C=O) groups is 2. The molecule has 0 aromatic rings. The van der Waals surface area contributed by atoms with Gasteiger partial charge < -0.3 is 14.9 Å². The highest BCUT2D eigenvalue weighted by atomic mass is 32.2. The summed E-state index contributed by atoms with van der Waals surface area (Å²) in [6, 6.07) is 0.0385. The molecular weight excluding hydrogens is 280 g/mol. The normalized spacial score (nSPS) is 24.7. The summed E-state index contributed by atoms with van der Waals surface area (Å²) in [6.45, 7) is 1.81. The Morgan fingerprint density at radius 3 is 2.50 bits per heavy atom. The number of amides is 2. The summed E-state index contributed by atoms with van der Waals surface area (Å²) in [4.78, 5) is 26.8. The predicted molar refractivity (Wildman–Crippen MR) is 76.1 cm³/mol. The molecule has 2 saturated heterocycles. The largest absolute Gasteiger partial charge is 0.481 e. The molecule has 2 rings (SSSR count). The molecule has 0 aliphatic carbocycles. The van der Waals surface area contributed by atoms with Crippen LogP contribution in [0.25, 0.3) is 0 Å². The summed E-state index contributed by atoms with van der Waals surface area (Å²) in [7, 11) is -0.791. The molecule has 6 nitrogen and oxygen atoms in total. The summed E-state index contributed by atoms with van der Waals surface area (Å²) < 4.78 is 11.3. The molecule has 0 saturated carbocycles. The number of carboxylic acids is 1. The van der Waals surface area contributed by atoms with Crippen molar-refractivity contribution in [3.05, 3.63) is 0 Å². The highest BCUT2D eigenvalue weighted by molar-refractivity contribution is 7.85. The Morgan fingerprint density at radius 1 is 1.15 bits per heavy atom. The summed E-state index contributed by atoms with van der Waals surface area (Å²) in [6.07, 6.45) is 3.56. The standard InChI is InChI=1S/C13H22N2O4S/c16-12(17)5-4-11-3-1-2-6-15(11)13(18)14-7-9-20(19)10-8-14/h11H,1-10H2,(H,16,17). The van der Waals surface area contributed by atoms with E-state index >= 15 is 0 Å². The molecule has 114 valence electrons. The van der Waals surface area contributed by atoms with Crippen LogP contribution in [0.2, 0.25) is 0 Å². The molecule has 0 aromatic heterocycles. The lowest BCUT2D eigenvalue weighted by atomic mass is 9.98. The second kappa shape index (κ2) is 7.06. The van der Waals surface area contributed by atoms with E-state index in [4.69, 9.17) is 5.11 Å². The molecule has 20 heavy (non-hydrogen) atoms. The molecule has 7 heteroatoms. The average molecular weight is 302 g/mol. The average Bonchev–Trinajstić information content (AvgIpc) is 2.45. The molecule has 2 aliphatic rings. The Bertz CT molecular complexity index is 392. The van der Waals surface area contributed by atoms with E-state index in [0.717, 1.165) is 19.3 Å². The van der Waals surface area contributed by atoms with Crippen molar-refractivity contribution in [2.45, 2.75) is 38.1 Å². The van der Waals surface area contributed by atoms with Crippen LogP contribution in [0.5, 0.6) is 0 Å². The molecule has 0 radical (unpaired) electrons. The minimum atomic E-state index is -0.809. The molecule has 0 aromatic carbocycles. The van der Waals surface area contributed by atoms with Crippen LogP contribution in [0.15, 0.2) is 0 Å². The first-order chi connectivity index (χ1) is 9.58. The van der Waals surface area contributed by atoms with E-state index in [1.165, 1.54) is 0 Å². The number of carboxylic acid groups (broad SMARTS) is 1. The van der Waals surface area contributed by atoms with E-state index in [0.29, 0.717) is 37.6 Å². The Labute approximate surface area is 121 Å². The number of aliphatic carboxylic acids is 1. The maximum absolute atomic E-state index is 12.5. The summed E-state index contributed by atoms with van der Waals surface area (Å²) >= 11 is 0. The van der Waals surface area contributed by atoms with E-state index < -0.39 is 16.8 Å². The first-order valence-electron chi connectivity index (χ1n) is 7.20. The highest BCUT2D eigenvalue weighted by Crippen LogP contribution is 2.22. The van der Waals surface area contributed by atoms with Gasteiger partial charge in [0.25, 0.3) is 0 Å². The van der Waals surface area contributed by atoms with Gasteiger partial charge in [-0.2, -0.15) is 0 Å². The number of hydrogen-bond acceptors (Lipinski definition) is 3. The fourth-order valence-corrected chi connectivity index (χ4v) is 3.91. The lowest BCUT2D eigenvalue weighted by Crippen LogP contribution is -2.53. The molecule has 1 N–H and O–H groups in total. The predicted octanol–water partition coefficient (Wildman–Crippen LogP) is 0.890. The fourth-order valence-electron chi connectivity index (χ4n) is 2.85. The van der Waals surface area contributed by atoms with Gasteiger partial charge in [0, 0.05) is 54.4 Å². The third-order valence-electron chi connectivity index (χ3n) is 4.01. The minimum Gasteiger partial charge on any atom is -0.481 e. The van der Waals surface area contributed by atoms with E-state index in [2.05, 4.69) is 0 Å². The number of urea groups is 1. The Morgan fingerprint density at radius 2 is 1.85 bits per heavy atom. The first kappa shape index (κ1) is 15.3. The second-order valence-electron chi connectivity index (χ2n) is 5.39. The van der Waals surface area contributed by atoms with Gasteiger partial charge in [-0.1, -0.05) is 0 Å². The Kier molecular flexibility index (Phi) is 5.39. The van der Waals surface area contributed by atoms with Gasteiger partial charge >= 0.3 is 12.0 Å². The number of nitrogens with zero attached hydrogens (tertiary/aromatic N) is 2. The lowest BCUT2D eigenvalue weighted by Gasteiger charge is -2.40. The molecular formula is C13H22N2O4S. The van der Waals surface area contributed by atoms with Crippen LogP contribution in [0.1, 0.15) is 32.1 Å². The first-order valence-corrected chi connectivity index (χ1v) is 8.69. The van der Waals surface area contributed by atoms with Crippen molar-refractivity contribution in [1.82, 2.24) is 9.80 Å². The summed E-state index contributed by atoms with van der Waals surface area (Å²) in [5, 5.41) is 8.80. The Balaban J connectivity index is 1.94. The smallest absolute Gasteiger partial charge is 0.320 e. The lowest BCUT2D eigenvalue weighted by molar-refractivity contribution is -0.137. The van der Waals surface area contributed by atoms with E-state index in [-0.39, 0.29) is 18.5 Å². The van der Waals surface area contributed by atoms with Crippen molar-refractivity contribution in [2.24, 2.45) is 0 Å². The minimum absolute atomic E-state index is 0.00297. The van der Waals surface area contributed by atoms with Gasteiger partial charge in [-0.3, -0.25) is 9.00 Å². The quantitative estimate of drug-likeness (QED) is 0.840. The van der Waals surface area contributed by atoms with Gasteiger partial charge in [-0.15, -0.1) is 0 Å². The van der Waals surface area contributed by atoms with E-state index in [1.807, 2.05) is 4.90 Å². The summed E-state index contributed by atoms with van der Waals surface area (Å²) in [5.41, 5.74) is 0. The van der Waals surface area contributed by atoms with Crippen molar-refractivity contribution in [2.75, 3.05) is 31.1 Å². The zero-order valence-electron chi connectivity index (χ0n) is 11.6. The number of likely N-dealkylation sites (tertiary alicyclic amines) is 1. The molecule has 2 fully saturated rings. The fraction of sp³-hybridized carbons (Fsp3) is 0.846. The number of hydrogen-bond donors (Lipinski definition) is 1. The topological polar surface area (TPSA) is 77.9 Å². The summed E-state index contributed by atoms with van der Waals surface area (Å²) in [5.74, 6) is 0.301. The maximum Gasteiger partial charge on any atom is 0.320 e. The van der Waals surface area contributed by atoms with Gasteiger partial charge in [0.1, 0.15) is 0 Å². The number of piperidine rings is 1. The molecule has 1 unspecified atom stereocenters. The molecule has 2 amide bonds. The molecule has 1 atom stereocenters. The van der Waals surface area contributed by atoms with Gasteiger partial charge in [-0.25, -0.2) is 4.79 Å². The van der Waals surface area contributed by atoms with Crippen LogP contribution < -0.4 is 0 Å². The van der Waals surface area contributed by atoms with Crippen molar-refractivity contribution in [3.8, 4) is 0 Å². The monoisotopic (exact) mass is 302 g/mol. The van der Waals surface area contributed by atoms with E-state index in [9.17, 15) is 13.8 Å². The van der Waals surface area contributed by atoms with Gasteiger partial charge in [0.05, 0.1) is 0 Å². The van der Waals surface area contributed by atoms with Crippen LogP contribution in [0, 0.1) is 0 Å². The van der Waals surface area contributed by atoms with E-state index in [1.54, 1.807) is 4.90 Å². The van der Waals surface area contributed by atoms with Crippen LogP contribution in [-0.2, 0) is 15.6 Å². The van der Waals surface area contributed by atoms with Gasteiger partial charge in [0.15, 0.2) is 0 Å². The third kappa shape index (κ3) is 3.94. The van der Waals surface area contributed by atoms with Crippen molar-refractivity contribution in [3.63, 3.8) is 0 Å². The number of carbonyl (C=O) groups excluding carboxylic acids is 1. The molecule has 0 spiro atoms. The van der Waals surface area contributed by atoms with Gasteiger partial charge in [-0.05, 0) is 25.7 Å². The molecule has 0 bridgehead atoms. The zero-order chi connectivity index (χ0) is 14.5. The van der Waals surface area contributed by atoms with Crippen molar-refractivity contribution >= 4 is 22.8 Å². The molecule has 2 aliphatic heterocycles. The highest BCUT2D eigenvalue weighted by Gasteiger charge is 2.31. The maximum atomic E-state index is 12.5. The number of rotatable bonds is 3. The molecule has 2 heterocycles. The van der Waals surface area contributed by atoms with Crippen LogP contribution >= 0.6 is 0 Å². The zero-order valence-corrected chi connectivity index (χ0v) is 12.4.